The molecule has 0 aromatic rings. The maximum absolute atomic E-state index is 12.1. The lowest BCUT2D eigenvalue weighted by atomic mass is 9.82. The first-order valence-electron chi connectivity index (χ1n) is 9.22. The van der Waals surface area contributed by atoms with Crippen LogP contribution in [0.1, 0.15) is 51.4 Å². The molecule has 2 nitrogen and oxygen atoms in total. The van der Waals surface area contributed by atoms with Crippen molar-refractivity contribution in [2.75, 3.05) is 0 Å². The van der Waals surface area contributed by atoms with Crippen LogP contribution in [0.3, 0.4) is 0 Å². The van der Waals surface area contributed by atoms with Crippen molar-refractivity contribution in [3.8, 4) is 0 Å². The molecule has 0 aliphatic heterocycles. The molecule has 0 aromatic carbocycles. The second-order valence-corrected chi connectivity index (χ2v) is 8.63. The molecule has 22 heavy (non-hydrogen) atoms. The second kappa shape index (κ2) is 3.83. The predicted octanol–water partition coefficient (Wildman–Crippen LogP) is 3.62. The van der Waals surface area contributed by atoms with E-state index >= 15 is 0 Å². The third-order valence-corrected chi connectivity index (χ3v) is 8.07. The Hall–Kier alpha value is -1.18. The van der Waals surface area contributed by atoms with Crippen LogP contribution in [0.25, 0.3) is 0 Å². The van der Waals surface area contributed by atoms with Crippen LogP contribution >= 0.6 is 0 Å². The summed E-state index contributed by atoms with van der Waals surface area (Å²) in [6, 6.07) is 0. The summed E-state index contributed by atoms with van der Waals surface area (Å²) in [6.07, 6.45) is 8.58. The average Bonchev–Trinajstić information content (AvgIpc) is 3.23. The third kappa shape index (κ3) is 1.26. The minimum Gasteiger partial charge on any atom is -0.295 e. The highest BCUT2D eigenvalue weighted by Gasteiger charge is 2.60. The summed E-state index contributed by atoms with van der Waals surface area (Å²) in [5.74, 6) is 5.64. The maximum Gasteiger partial charge on any atom is 0.159 e. The van der Waals surface area contributed by atoms with Gasteiger partial charge in [0.1, 0.15) is 0 Å². The molecule has 6 rings (SSSR count). The van der Waals surface area contributed by atoms with Crippen LogP contribution in [0.2, 0.25) is 0 Å². The number of fused-ring (bicyclic) bond motifs is 7. The van der Waals surface area contributed by atoms with Gasteiger partial charge in [-0.3, -0.25) is 9.59 Å². The molecule has 6 aliphatic carbocycles. The van der Waals surface area contributed by atoms with Gasteiger partial charge in [0.05, 0.1) is 0 Å². The third-order valence-electron chi connectivity index (χ3n) is 8.07. The van der Waals surface area contributed by atoms with E-state index in [9.17, 15) is 9.59 Å². The van der Waals surface area contributed by atoms with Crippen molar-refractivity contribution in [2.24, 2.45) is 35.5 Å². The molecule has 0 radical (unpaired) electrons. The highest BCUT2D eigenvalue weighted by molar-refractivity contribution is 6.00. The summed E-state index contributed by atoms with van der Waals surface area (Å²) in [7, 11) is 0. The van der Waals surface area contributed by atoms with Gasteiger partial charge in [-0.05, 0) is 85.2 Å². The summed E-state index contributed by atoms with van der Waals surface area (Å²) in [5.41, 5.74) is 5.67. The Bertz CT molecular complexity index is 634. The molecule has 0 saturated heterocycles. The van der Waals surface area contributed by atoms with E-state index in [-0.39, 0.29) is 0 Å². The van der Waals surface area contributed by atoms with Crippen LogP contribution in [-0.2, 0) is 9.59 Å². The zero-order valence-electron chi connectivity index (χ0n) is 12.9. The molecule has 0 aromatic heterocycles. The fourth-order valence-corrected chi connectivity index (χ4v) is 7.58. The quantitative estimate of drug-likeness (QED) is 0.684. The van der Waals surface area contributed by atoms with Gasteiger partial charge in [0.2, 0.25) is 0 Å². The molecule has 0 bridgehead atoms. The Balaban J connectivity index is 1.37. The normalized spacial score (nSPS) is 48.2. The Morgan fingerprint density at radius 3 is 1.55 bits per heavy atom. The van der Waals surface area contributed by atoms with Crippen molar-refractivity contribution in [3.05, 3.63) is 22.3 Å². The molecule has 2 saturated carbocycles. The molecule has 6 atom stereocenters. The lowest BCUT2D eigenvalue weighted by molar-refractivity contribution is -0.115. The van der Waals surface area contributed by atoms with E-state index < -0.39 is 0 Å². The van der Waals surface area contributed by atoms with Crippen molar-refractivity contribution in [2.45, 2.75) is 51.4 Å². The molecule has 0 spiro atoms. The van der Waals surface area contributed by atoms with Gasteiger partial charge in [-0.15, -0.1) is 0 Å². The minimum absolute atomic E-state index is 0.463. The molecule has 0 heterocycles. The lowest BCUT2D eigenvalue weighted by Gasteiger charge is -2.22. The van der Waals surface area contributed by atoms with E-state index in [1.807, 2.05) is 0 Å². The van der Waals surface area contributed by atoms with Gasteiger partial charge in [-0.1, -0.05) is 11.1 Å². The van der Waals surface area contributed by atoms with Gasteiger partial charge in [0.25, 0.3) is 0 Å². The van der Waals surface area contributed by atoms with E-state index in [2.05, 4.69) is 0 Å². The average molecular weight is 294 g/mol. The second-order valence-electron chi connectivity index (χ2n) is 8.63. The Morgan fingerprint density at radius 2 is 1.09 bits per heavy atom. The number of Topliss-reactive ketones (excluding diaryl/α,β-unsaturated/α-hetero) is 2. The van der Waals surface area contributed by atoms with Crippen molar-refractivity contribution in [1.82, 2.24) is 0 Å². The molecule has 0 N–H and O–H groups in total. The molecule has 0 unspecified atom stereocenters. The summed E-state index contributed by atoms with van der Waals surface area (Å²) in [5, 5.41) is 0. The zero-order valence-corrected chi connectivity index (χ0v) is 12.9. The Morgan fingerprint density at radius 1 is 0.636 bits per heavy atom. The van der Waals surface area contributed by atoms with Gasteiger partial charge < -0.3 is 0 Å². The SMILES string of the molecule is O=C1CCC2=C1C[C@@H]1C[C@H]3[C@H](C[C@H]4CC5=C(CCC5=O)[C@H]43)[C@H]21. The van der Waals surface area contributed by atoms with Gasteiger partial charge in [-0.2, -0.15) is 0 Å². The lowest BCUT2D eigenvalue weighted by Crippen LogP contribution is -2.15. The largest absolute Gasteiger partial charge is 0.295 e. The molecule has 0 amide bonds. The number of rotatable bonds is 0. The summed E-state index contributed by atoms with van der Waals surface area (Å²) in [4.78, 5) is 24.1. The number of allylic oxidation sites excluding steroid dienone is 4. The fourth-order valence-electron chi connectivity index (χ4n) is 7.58. The van der Waals surface area contributed by atoms with Crippen molar-refractivity contribution in [3.63, 3.8) is 0 Å². The fraction of sp³-hybridized carbons (Fsp3) is 0.700. The molecular formula is C20H22O2. The number of carbonyl (C=O) groups excluding carboxylic acids is 2. The highest BCUT2D eigenvalue weighted by atomic mass is 16.1. The monoisotopic (exact) mass is 294 g/mol. The standard InChI is InChI=1S/C20H22O2/c21-17-3-1-11-13(17)5-9-7-16-15(19(9)11)8-10-6-14-12(20(10)16)2-4-18(14)22/h9-10,15-16,19-20H,1-8H2/t9-,10-,15+,16+,19+,20+/m1/s1. The van der Waals surface area contributed by atoms with E-state index in [0.717, 1.165) is 74.0 Å². The summed E-state index contributed by atoms with van der Waals surface area (Å²) < 4.78 is 0. The summed E-state index contributed by atoms with van der Waals surface area (Å²) >= 11 is 0. The van der Waals surface area contributed by atoms with E-state index in [1.165, 1.54) is 24.0 Å². The topological polar surface area (TPSA) is 34.1 Å². The molecule has 2 heteroatoms. The first-order chi connectivity index (χ1) is 10.7. The minimum atomic E-state index is 0.463. The molecule has 114 valence electrons. The van der Waals surface area contributed by atoms with Crippen LogP contribution < -0.4 is 0 Å². The van der Waals surface area contributed by atoms with Gasteiger partial charge >= 0.3 is 0 Å². The molecule has 2 fully saturated rings. The Kier molecular flexibility index (Phi) is 2.14. The van der Waals surface area contributed by atoms with Crippen LogP contribution in [0.5, 0.6) is 0 Å². The van der Waals surface area contributed by atoms with Crippen molar-refractivity contribution < 1.29 is 9.59 Å². The van der Waals surface area contributed by atoms with Crippen LogP contribution in [-0.4, -0.2) is 11.6 Å². The number of hydrogen-bond donors (Lipinski definition) is 0. The highest BCUT2D eigenvalue weighted by Crippen LogP contribution is 2.67. The number of carbonyl (C=O) groups is 2. The molecule has 6 aliphatic rings. The van der Waals surface area contributed by atoms with Crippen LogP contribution in [0.15, 0.2) is 22.3 Å². The van der Waals surface area contributed by atoms with Crippen molar-refractivity contribution >= 4 is 11.6 Å². The van der Waals surface area contributed by atoms with Crippen LogP contribution in [0.4, 0.5) is 0 Å². The molecular weight excluding hydrogens is 272 g/mol. The smallest absolute Gasteiger partial charge is 0.159 e. The van der Waals surface area contributed by atoms with Gasteiger partial charge in [0, 0.05) is 12.8 Å². The first-order valence-corrected chi connectivity index (χ1v) is 9.22. The van der Waals surface area contributed by atoms with Crippen LogP contribution in [0, 0.1) is 35.5 Å². The zero-order chi connectivity index (χ0) is 14.6. The van der Waals surface area contributed by atoms with E-state index in [0.29, 0.717) is 11.6 Å². The maximum atomic E-state index is 12.1. The number of ketones is 2. The van der Waals surface area contributed by atoms with Gasteiger partial charge in [0.15, 0.2) is 11.6 Å². The van der Waals surface area contributed by atoms with E-state index in [4.69, 9.17) is 0 Å². The van der Waals surface area contributed by atoms with E-state index in [1.54, 1.807) is 11.1 Å². The first kappa shape index (κ1) is 12.3. The number of hydrogen-bond acceptors (Lipinski definition) is 2. The summed E-state index contributed by atoms with van der Waals surface area (Å²) in [6.45, 7) is 0. The predicted molar refractivity (Wildman–Crippen MR) is 81.9 cm³/mol. The van der Waals surface area contributed by atoms with Gasteiger partial charge in [-0.25, -0.2) is 0 Å². The van der Waals surface area contributed by atoms with Crippen molar-refractivity contribution in [1.29, 1.82) is 0 Å². The Labute approximate surface area is 131 Å².